The van der Waals surface area contributed by atoms with Crippen LogP contribution in [0.5, 0.6) is 0 Å². The van der Waals surface area contributed by atoms with Gasteiger partial charge in [0.15, 0.2) is 0 Å². The Labute approximate surface area is 201 Å². The quantitative estimate of drug-likeness (QED) is 0.311. The lowest BCUT2D eigenvalue weighted by Crippen LogP contribution is -2.35. The van der Waals surface area contributed by atoms with Crippen LogP contribution in [0.1, 0.15) is 32.9 Å². The van der Waals surface area contributed by atoms with Crippen LogP contribution in [0.15, 0.2) is 83.4 Å². The molecule has 0 aliphatic carbocycles. The molecule has 4 aromatic rings. The van der Waals surface area contributed by atoms with Gasteiger partial charge in [-0.2, -0.15) is 18.2 Å². The van der Waals surface area contributed by atoms with Crippen molar-refractivity contribution in [3.63, 3.8) is 0 Å². The summed E-state index contributed by atoms with van der Waals surface area (Å²) in [5.41, 5.74) is 2.36. The summed E-state index contributed by atoms with van der Waals surface area (Å²) >= 11 is 0. The van der Waals surface area contributed by atoms with Gasteiger partial charge in [0, 0.05) is 30.6 Å². The monoisotopic (exact) mass is 479 g/mol. The second-order valence-corrected chi connectivity index (χ2v) is 8.23. The maximum atomic E-state index is 13.2. The van der Waals surface area contributed by atoms with E-state index in [4.69, 9.17) is 4.52 Å². The maximum absolute atomic E-state index is 13.2. The number of carbonyl (C=O) groups is 1. The summed E-state index contributed by atoms with van der Waals surface area (Å²) in [7, 11) is 0. The average Bonchev–Trinajstić information content (AvgIpc) is 3.33. The van der Waals surface area contributed by atoms with Crippen molar-refractivity contribution in [1.82, 2.24) is 15.0 Å². The summed E-state index contributed by atoms with van der Waals surface area (Å²) in [4.78, 5) is 19.2. The number of nitrogens with zero attached hydrogens (tertiary/aromatic N) is 3. The Morgan fingerprint density at radius 2 is 1.63 bits per heavy atom. The topological polar surface area (TPSA) is 59.2 Å². The van der Waals surface area contributed by atoms with E-state index in [0.717, 1.165) is 28.8 Å². The summed E-state index contributed by atoms with van der Waals surface area (Å²) in [6, 6.07) is 21.7. The van der Waals surface area contributed by atoms with Gasteiger partial charge in [-0.25, -0.2) is 0 Å². The summed E-state index contributed by atoms with van der Waals surface area (Å²) < 4.78 is 44.2. The van der Waals surface area contributed by atoms with E-state index >= 15 is 0 Å². The summed E-state index contributed by atoms with van der Waals surface area (Å²) in [5.74, 6) is 0.494. The van der Waals surface area contributed by atoms with Gasteiger partial charge in [0.05, 0.1) is 5.56 Å². The van der Waals surface area contributed by atoms with Crippen molar-refractivity contribution >= 4 is 5.91 Å². The van der Waals surface area contributed by atoms with E-state index in [2.05, 4.69) is 10.1 Å². The van der Waals surface area contributed by atoms with E-state index in [1.807, 2.05) is 61.5 Å². The number of alkyl halides is 3. The minimum atomic E-state index is -4.46. The molecule has 8 heteroatoms. The molecule has 35 heavy (non-hydrogen) atoms. The second-order valence-electron chi connectivity index (χ2n) is 8.23. The normalized spacial score (nSPS) is 11.4. The van der Waals surface area contributed by atoms with Crippen molar-refractivity contribution < 1.29 is 22.5 Å². The van der Waals surface area contributed by atoms with Gasteiger partial charge in [0.2, 0.25) is 11.7 Å². The highest BCUT2D eigenvalue weighted by Crippen LogP contribution is 2.29. The van der Waals surface area contributed by atoms with E-state index in [1.165, 1.54) is 12.1 Å². The summed E-state index contributed by atoms with van der Waals surface area (Å²) in [6.07, 6.45) is -3.53. The third-order valence-corrected chi connectivity index (χ3v) is 5.60. The number of aryl methyl sites for hydroxylation is 1. The predicted octanol–water partition coefficient (Wildman–Crippen LogP) is 5.99. The molecule has 0 aliphatic heterocycles. The van der Waals surface area contributed by atoms with Crippen molar-refractivity contribution in [2.75, 3.05) is 13.1 Å². The van der Waals surface area contributed by atoms with Gasteiger partial charge in [0.25, 0.3) is 5.91 Å². The van der Waals surface area contributed by atoms with Crippen LogP contribution in [0.2, 0.25) is 0 Å². The molecular formula is C27H24F3N3O2. The first-order valence-electron chi connectivity index (χ1n) is 11.2. The molecule has 0 atom stereocenters. The van der Waals surface area contributed by atoms with Crippen LogP contribution < -0.4 is 0 Å². The molecule has 0 aliphatic rings. The van der Waals surface area contributed by atoms with Crippen molar-refractivity contribution in [2.45, 2.75) is 25.9 Å². The number of carbonyl (C=O) groups excluding carboxylic acids is 1. The maximum Gasteiger partial charge on any atom is 0.416 e. The zero-order valence-electron chi connectivity index (χ0n) is 19.1. The molecule has 1 amide bonds. The van der Waals surface area contributed by atoms with Gasteiger partial charge < -0.3 is 9.42 Å². The lowest BCUT2D eigenvalue weighted by molar-refractivity contribution is -0.137. The Hall–Kier alpha value is -3.94. The van der Waals surface area contributed by atoms with E-state index in [0.29, 0.717) is 31.1 Å². The predicted molar refractivity (Wildman–Crippen MR) is 126 cm³/mol. The highest BCUT2D eigenvalue weighted by molar-refractivity contribution is 5.94. The van der Waals surface area contributed by atoms with Crippen LogP contribution in [-0.4, -0.2) is 34.0 Å². The lowest BCUT2D eigenvalue weighted by atomic mass is 10.1. The molecule has 0 fully saturated rings. The first-order valence-corrected chi connectivity index (χ1v) is 11.2. The second kappa shape index (κ2) is 10.5. The number of halogens is 3. The molecule has 0 spiro atoms. The fourth-order valence-corrected chi connectivity index (χ4v) is 3.70. The van der Waals surface area contributed by atoms with Crippen LogP contribution in [0.25, 0.3) is 11.4 Å². The summed E-state index contributed by atoms with van der Waals surface area (Å²) in [5, 5.41) is 4.04. The molecule has 180 valence electrons. The van der Waals surface area contributed by atoms with Gasteiger partial charge in [-0.3, -0.25) is 4.79 Å². The molecule has 1 heterocycles. The molecule has 1 aromatic heterocycles. The Morgan fingerprint density at radius 3 is 2.31 bits per heavy atom. The fourth-order valence-electron chi connectivity index (χ4n) is 3.70. The van der Waals surface area contributed by atoms with E-state index in [1.54, 1.807) is 4.90 Å². The van der Waals surface area contributed by atoms with Crippen molar-refractivity contribution in [2.24, 2.45) is 0 Å². The van der Waals surface area contributed by atoms with Crippen molar-refractivity contribution in [3.8, 4) is 11.4 Å². The smallest absolute Gasteiger partial charge is 0.339 e. The minimum absolute atomic E-state index is 0.192. The Bertz CT molecular complexity index is 1270. The number of amides is 1. The van der Waals surface area contributed by atoms with Gasteiger partial charge in [-0.15, -0.1) is 0 Å². The summed E-state index contributed by atoms with van der Waals surface area (Å²) in [6.45, 7) is 2.65. The average molecular weight is 480 g/mol. The molecule has 0 unspecified atom stereocenters. The zero-order chi connectivity index (χ0) is 24.8. The van der Waals surface area contributed by atoms with Crippen LogP contribution in [0.3, 0.4) is 0 Å². The first kappa shape index (κ1) is 24.2. The largest absolute Gasteiger partial charge is 0.416 e. The Kier molecular flexibility index (Phi) is 7.29. The van der Waals surface area contributed by atoms with Gasteiger partial charge >= 0.3 is 6.18 Å². The van der Waals surface area contributed by atoms with Crippen LogP contribution >= 0.6 is 0 Å². The van der Waals surface area contributed by atoms with Crippen LogP contribution in [0.4, 0.5) is 13.2 Å². The molecule has 4 rings (SSSR count). The van der Waals surface area contributed by atoms with Gasteiger partial charge in [0.1, 0.15) is 0 Å². The molecule has 0 saturated carbocycles. The molecule has 0 saturated heterocycles. The number of hydrogen-bond donors (Lipinski definition) is 0. The Morgan fingerprint density at radius 1 is 0.914 bits per heavy atom. The Balaban J connectivity index is 1.49. The molecule has 0 bridgehead atoms. The van der Waals surface area contributed by atoms with E-state index in [9.17, 15) is 18.0 Å². The SMILES string of the molecule is Cc1cccc(-c2noc(CCN(CCc3ccccc3)C(=O)c3ccc(C(F)(F)F)cc3)n2)c1. The molecule has 0 N–H and O–H groups in total. The highest BCUT2D eigenvalue weighted by atomic mass is 19.4. The molecule has 0 radical (unpaired) electrons. The number of rotatable bonds is 8. The van der Waals surface area contributed by atoms with E-state index < -0.39 is 11.7 Å². The number of aromatic nitrogens is 2. The first-order chi connectivity index (χ1) is 16.8. The van der Waals surface area contributed by atoms with Crippen molar-refractivity contribution in [3.05, 3.63) is 107 Å². The standard InChI is InChI=1S/C27H24F3N3O2/c1-19-6-5-9-22(18-19)25-31-24(35-32-25)15-17-33(16-14-20-7-3-2-4-8-20)26(34)21-10-12-23(13-11-21)27(28,29)30/h2-13,18H,14-17H2,1H3. The van der Waals surface area contributed by atoms with Crippen LogP contribution in [0, 0.1) is 6.92 Å². The minimum Gasteiger partial charge on any atom is -0.339 e. The fraction of sp³-hybridized carbons (Fsp3) is 0.222. The van der Waals surface area contributed by atoms with Gasteiger partial charge in [-0.05, 0) is 49.2 Å². The third-order valence-electron chi connectivity index (χ3n) is 5.60. The zero-order valence-corrected chi connectivity index (χ0v) is 19.1. The van der Waals surface area contributed by atoms with E-state index in [-0.39, 0.29) is 18.0 Å². The number of hydrogen-bond acceptors (Lipinski definition) is 4. The van der Waals surface area contributed by atoms with Crippen LogP contribution in [-0.2, 0) is 19.0 Å². The molecule has 3 aromatic carbocycles. The number of benzene rings is 3. The highest BCUT2D eigenvalue weighted by Gasteiger charge is 2.30. The van der Waals surface area contributed by atoms with Crippen molar-refractivity contribution in [1.29, 1.82) is 0 Å². The molecule has 5 nitrogen and oxygen atoms in total. The molecular weight excluding hydrogens is 455 g/mol. The third kappa shape index (κ3) is 6.35. The lowest BCUT2D eigenvalue weighted by Gasteiger charge is -2.22. The van der Waals surface area contributed by atoms with Gasteiger partial charge in [-0.1, -0.05) is 59.3 Å².